The van der Waals surface area contributed by atoms with Gasteiger partial charge in [0.15, 0.2) is 0 Å². The van der Waals surface area contributed by atoms with Crippen molar-refractivity contribution in [1.82, 2.24) is 14.8 Å². The van der Waals surface area contributed by atoms with Crippen molar-refractivity contribution < 1.29 is 9.53 Å². The Kier molecular flexibility index (Phi) is 4.87. The smallest absolute Gasteiger partial charge is 0.255 e. The predicted molar refractivity (Wildman–Crippen MR) is 73.0 cm³/mol. The van der Waals surface area contributed by atoms with E-state index >= 15 is 0 Å². The van der Waals surface area contributed by atoms with Gasteiger partial charge in [-0.15, -0.1) is 0 Å². The molecule has 5 nitrogen and oxygen atoms in total. The molecule has 0 radical (unpaired) electrons. The van der Waals surface area contributed by atoms with Gasteiger partial charge in [-0.25, -0.2) is 0 Å². The second-order valence-corrected chi connectivity index (χ2v) is 5.08. The molecule has 1 fully saturated rings. The quantitative estimate of drug-likeness (QED) is 0.806. The van der Waals surface area contributed by atoms with Crippen LogP contribution in [-0.2, 0) is 4.74 Å². The maximum atomic E-state index is 12.4. The molecule has 104 valence electrons. The number of aromatic nitrogens is 1. The summed E-state index contributed by atoms with van der Waals surface area (Å²) in [6, 6.07) is 3.61. The van der Waals surface area contributed by atoms with E-state index in [1.54, 1.807) is 25.6 Å². The molecule has 19 heavy (non-hydrogen) atoms. The number of pyridine rings is 1. The molecule has 0 aliphatic carbocycles. The van der Waals surface area contributed by atoms with E-state index in [4.69, 9.17) is 4.74 Å². The summed E-state index contributed by atoms with van der Waals surface area (Å²) in [5.74, 6) is 0.419. The third kappa shape index (κ3) is 3.75. The Morgan fingerprint density at radius 1 is 1.47 bits per heavy atom. The van der Waals surface area contributed by atoms with E-state index in [-0.39, 0.29) is 5.91 Å². The summed E-state index contributed by atoms with van der Waals surface area (Å²) < 4.78 is 5.24. The molecule has 1 atom stereocenters. The Labute approximate surface area is 114 Å². The fourth-order valence-electron chi connectivity index (χ4n) is 2.48. The van der Waals surface area contributed by atoms with E-state index in [1.807, 2.05) is 11.0 Å². The minimum absolute atomic E-state index is 0.0597. The Hall–Kier alpha value is -1.46. The van der Waals surface area contributed by atoms with E-state index in [0.717, 1.165) is 26.2 Å². The molecule has 1 aliphatic rings. The molecule has 1 aromatic heterocycles. The van der Waals surface area contributed by atoms with E-state index in [1.165, 1.54) is 0 Å². The summed E-state index contributed by atoms with van der Waals surface area (Å²) in [7, 11) is 3.79. The second kappa shape index (κ2) is 6.63. The highest BCUT2D eigenvalue weighted by Gasteiger charge is 2.24. The van der Waals surface area contributed by atoms with Crippen molar-refractivity contribution in [3.63, 3.8) is 0 Å². The molecule has 1 amide bonds. The van der Waals surface area contributed by atoms with Gasteiger partial charge in [-0.1, -0.05) is 0 Å². The number of hydrogen-bond donors (Lipinski definition) is 0. The van der Waals surface area contributed by atoms with Crippen molar-refractivity contribution >= 4 is 5.91 Å². The van der Waals surface area contributed by atoms with E-state index in [0.29, 0.717) is 18.1 Å². The summed E-state index contributed by atoms with van der Waals surface area (Å²) >= 11 is 0. The minimum Gasteiger partial charge on any atom is -0.384 e. The van der Waals surface area contributed by atoms with Crippen molar-refractivity contribution in [1.29, 1.82) is 0 Å². The number of carbonyl (C=O) groups excluding carboxylic acids is 1. The maximum Gasteiger partial charge on any atom is 0.255 e. The van der Waals surface area contributed by atoms with Gasteiger partial charge in [0.05, 0.1) is 12.2 Å². The average Bonchev–Trinajstić information content (AvgIpc) is 2.61. The van der Waals surface area contributed by atoms with Gasteiger partial charge in [-0.05, 0) is 19.2 Å². The highest BCUT2D eigenvalue weighted by atomic mass is 16.5. The molecule has 1 aliphatic heterocycles. The molecular weight excluding hydrogens is 242 g/mol. The van der Waals surface area contributed by atoms with Crippen LogP contribution < -0.4 is 0 Å². The fourth-order valence-corrected chi connectivity index (χ4v) is 2.48. The number of ether oxygens (including phenoxy) is 1. The lowest BCUT2D eigenvalue weighted by atomic mass is 10.1. The first-order valence-corrected chi connectivity index (χ1v) is 6.57. The van der Waals surface area contributed by atoms with Crippen LogP contribution in [0.1, 0.15) is 10.4 Å². The molecule has 0 saturated carbocycles. The first kappa shape index (κ1) is 14.0. The van der Waals surface area contributed by atoms with E-state index in [9.17, 15) is 4.79 Å². The highest BCUT2D eigenvalue weighted by molar-refractivity contribution is 5.93. The number of likely N-dealkylation sites (N-methyl/N-ethyl adjacent to an activating group) is 1. The third-order valence-corrected chi connectivity index (χ3v) is 3.40. The molecule has 0 N–H and O–H groups in total. The summed E-state index contributed by atoms with van der Waals surface area (Å²) in [6.45, 7) is 4.04. The zero-order chi connectivity index (χ0) is 13.7. The van der Waals surface area contributed by atoms with Crippen LogP contribution in [0, 0.1) is 5.92 Å². The number of carbonyl (C=O) groups is 1. The van der Waals surface area contributed by atoms with E-state index in [2.05, 4.69) is 16.9 Å². The zero-order valence-corrected chi connectivity index (χ0v) is 11.6. The topological polar surface area (TPSA) is 45.7 Å². The van der Waals surface area contributed by atoms with Gasteiger partial charge in [0.2, 0.25) is 0 Å². The number of rotatable bonds is 3. The Morgan fingerprint density at radius 2 is 2.32 bits per heavy atom. The molecule has 5 heteroatoms. The summed E-state index contributed by atoms with van der Waals surface area (Å²) in [5, 5.41) is 0. The van der Waals surface area contributed by atoms with Crippen molar-refractivity contribution in [3.05, 3.63) is 30.1 Å². The lowest BCUT2D eigenvalue weighted by molar-refractivity contribution is 0.0707. The first-order valence-electron chi connectivity index (χ1n) is 6.57. The van der Waals surface area contributed by atoms with Gasteiger partial charge >= 0.3 is 0 Å². The number of methoxy groups -OCH3 is 1. The van der Waals surface area contributed by atoms with Crippen LogP contribution in [-0.4, -0.2) is 67.6 Å². The van der Waals surface area contributed by atoms with Crippen LogP contribution in [0.15, 0.2) is 24.5 Å². The van der Waals surface area contributed by atoms with E-state index < -0.39 is 0 Å². The standard InChI is InChI=1S/C14H21N3O2/c1-16-6-7-17(10-12(9-16)11-19-2)14(18)13-4-3-5-15-8-13/h3-5,8,12H,6-7,9-11H2,1-2H3. The van der Waals surface area contributed by atoms with Gasteiger partial charge < -0.3 is 14.5 Å². The molecule has 1 saturated heterocycles. The maximum absolute atomic E-state index is 12.4. The van der Waals surface area contributed by atoms with Gasteiger partial charge in [0.25, 0.3) is 5.91 Å². The molecule has 1 unspecified atom stereocenters. The van der Waals surface area contributed by atoms with Gasteiger partial charge in [0, 0.05) is 51.6 Å². The first-order chi connectivity index (χ1) is 9.20. The van der Waals surface area contributed by atoms with Crippen LogP contribution in [0.3, 0.4) is 0 Å². The van der Waals surface area contributed by atoms with Gasteiger partial charge in [0.1, 0.15) is 0 Å². The lowest BCUT2D eigenvalue weighted by Crippen LogP contribution is -2.37. The second-order valence-electron chi connectivity index (χ2n) is 5.08. The molecule has 2 heterocycles. The van der Waals surface area contributed by atoms with Crippen molar-refractivity contribution in [2.24, 2.45) is 5.92 Å². The van der Waals surface area contributed by atoms with Gasteiger partial charge in [-0.3, -0.25) is 9.78 Å². The largest absolute Gasteiger partial charge is 0.384 e. The highest BCUT2D eigenvalue weighted by Crippen LogP contribution is 2.12. The number of nitrogens with zero attached hydrogens (tertiary/aromatic N) is 3. The Bertz CT molecular complexity index is 410. The SMILES string of the molecule is COCC1CN(C)CCN(C(=O)c2cccnc2)C1. The Morgan fingerprint density at radius 3 is 3.00 bits per heavy atom. The minimum atomic E-state index is 0.0597. The zero-order valence-electron chi connectivity index (χ0n) is 11.6. The van der Waals surface area contributed by atoms with Crippen LogP contribution in [0.5, 0.6) is 0 Å². The monoisotopic (exact) mass is 263 g/mol. The van der Waals surface area contributed by atoms with Crippen LogP contribution in [0.25, 0.3) is 0 Å². The lowest BCUT2D eigenvalue weighted by Gasteiger charge is -2.23. The molecule has 1 aromatic rings. The average molecular weight is 263 g/mol. The van der Waals surface area contributed by atoms with Crippen LogP contribution >= 0.6 is 0 Å². The molecule has 2 rings (SSSR count). The van der Waals surface area contributed by atoms with Crippen LogP contribution in [0.2, 0.25) is 0 Å². The van der Waals surface area contributed by atoms with Gasteiger partial charge in [-0.2, -0.15) is 0 Å². The summed E-state index contributed by atoms with van der Waals surface area (Å²) in [6.07, 6.45) is 3.31. The van der Waals surface area contributed by atoms with Crippen molar-refractivity contribution in [2.45, 2.75) is 0 Å². The fraction of sp³-hybridized carbons (Fsp3) is 0.571. The summed E-state index contributed by atoms with van der Waals surface area (Å²) in [4.78, 5) is 20.6. The molecular formula is C14H21N3O2. The molecule has 0 aromatic carbocycles. The Balaban J connectivity index is 2.08. The predicted octanol–water partition coefficient (Wildman–Crippen LogP) is 0.732. The van der Waals surface area contributed by atoms with Crippen molar-refractivity contribution in [2.75, 3.05) is 46.9 Å². The number of amides is 1. The molecule has 0 spiro atoms. The molecule has 0 bridgehead atoms. The van der Waals surface area contributed by atoms with Crippen LogP contribution in [0.4, 0.5) is 0 Å². The normalized spacial score (nSPS) is 21.2. The number of hydrogen-bond acceptors (Lipinski definition) is 4. The third-order valence-electron chi connectivity index (χ3n) is 3.40. The van der Waals surface area contributed by atoms with Crippen molar-refractivity contribution in [3.8, 4) is 0 Å². The summed E-state index contributed by atoms with van der Waals surface area (Å²) in [5.41, 5.74) is 0.656.